The van der Waals surface area contributed by atoms with Crippen molar-refractivity contribution in [1.82, 2.24) is 14.7 Å². The van der Waals surface area contributed by atoms with Crippen LogP contribution in [0.15, 0.2) is 47.2 Å². The van der Waals surface area contributed by atoms with Gasteiger partial charge in [-0.2, -0.15) is 5.10 Å². The summed E-state index contributed by atoms with van der Waals surface area (Å²) >= 11 is 3.34. The molecule has 124 valence electrons. The number of benzene rings is 1. The first-order valence-corrected chi connectivity index (χ1v) is 8.17. The van der Waals surface area contributed by atoms with Crippen LogP contribution in [0, 0.1) is 5.92 Å². The summed E-state index contributed by atoms with van der Waals surface area (Å²) in [6.07, 6.45) is 3.50. The lowest BCUT2D eigenvalue weighted by Gasteiger charge is -2.16. The summed E-state index contributed by atoms with van der Waals surface area (Å²) in [6.45, 7) is 2.31. The molecule has 2 N–H and O–H groups in total. The van der Waals surface area contributed by atoms with Crippen LogP contribution in [0.1, 0.15) is 11.5 Å². The van der Waals surface area contributed by atoms with Gasteiger partial charge in [-0.25, -0.2) is 0 Å². The van der Waals surface area contributed by atoms with Crippen molar-refractivity contribution in [3.63, 3.8) is 0 Å². The van der Waals surface area contributed by atoms with Crippen LogP contribution < -0.4 is 5.73 Å². The Labute approximate surface area is 150 Å². The van der Waals surface area contributed by atoms with Gasteiger partial charge in [-0.1, -0.05) is 30.3 Å². The van der Waals surface area contributed by atoms with Crippen LogP contribution >= 0.6 is 28.3 Å². The molecule has 2 atom stereocenters. The van der Waals surface area contributed by atoms with Gasteiger partial charge in [-0.15, -0.1) is 12.4 Å². The number of aromatic nitrogens is 2. The summed E-state index contributed by atoms with van der Waals surface area (Å²) in [5.74, 6) is 0.725. The van der Waals surface area contributed by atoms with Gasteiger partial charge in [-0.3, -0.25) is 9.48 Å². The van der Waals surface area contributed by atoms with Gasteiger partial charge in [-0.05, 0) is 34.0 Å². The van der Waals surface area contributed by atoms with Gasteiger partial charge in [0.05, 0.1) is 10.7 Å². The van der Waals surface area contributed by atoms with Crippen molar-refractivity contribution in [2.45, 2.75) is 12.5 Å². The minimum Gasteiger partial charge on any atom is -0.340 e. The second kappa shape index (κ2) is 7.95. The summed E-state index contributed by atoms with van der Waals surface area (Å²) in [5, 5.41) is 4.14. The van der Waals surface area contributed by atoms with Crippen molar-refractivity contribution < 1.29 is 4.79 Å². The van der Waals surface area contributed by atoms with E-state index in [9.17, 15) is 4.79 Å². The molecular weight excluding hydrogens is 380 g/mol. The molecule has 1 saturated heterocycles. The molecule has 0 spiro atoms. The molecule has 0 radical (unpaired) electrons. The third-order valence-electron chi connectivity index (χ3n) is 4.22. The van der Waals surface area contributed by atoms with E-state index in [1.165, 1.54) is 5.56 Å². The highest BCUT2D eigenvalue weighted by Gasteiger charge is 2.35. The van der Waals surface area contributed by atoms with Crippen molar-refractivity contribution in [2.75, 3.05) is 19.6 Å². The van der Waals surface area contributed by atoms with E-state index in [1.54, 1.807) is 10.9 Å². The lowest BCUT2D eigenvalue weighted by atomic mass is 9.89. The fourth-order valence-corrected chi connectivity index (χ4v) is 3.38. The molecular formula is C16H20BrClN4O. The Kier molecular flexibility index (Phi) is 6.21. The third-order valence-corrected chi connectivity index (χ3v) is 4.63. The zero-order chi connectivity index (χ0) is 15.5. The van der Waals surface area contributed by atoms with Crippen LogP contribution in [-0.2, 0) is 11.3 Å². The zero-order valence-corrected chi connectivity index (χ0v) is 15.0. The largest absolute Gasteiger partial charge is 0.340 e. The summed E-state index contributed by atoms with van der Waals surface area (Å²) in [4.78, 5) is 14.4. The highest BCUT2D eigenvalue weighted by Crippen LogP contribution is 2.32. The van der Waals surface area contributed by atoms with Crippen molar-refractivity contribution in [3.05, 3.63) is 52.8 Å². The van der Waals surface area contributed by atoms with Gasteiger partial charge in [0, 0.05) is 25.2 Å². The summed E-state index contributed by atoms with van der Waals surface area (Å²) in [6, 6.07) is 10.3. The minimum absolute atomic E-state index is 0. The first kappa shape index (κ1) is 18.0. The lowest BCUT2D eigenvalue weighted by Crippen LogP contribution is -2.32. The van der Waals surface area contributed by atoms with Crippen LogP contribution in [0.5, 0.6) is 0 Å². The normalized spacial score (nSPS) is 20.3. The first-order chi connectivity index (χ1) is 10.7. The van der Waals surface area contributed by atoms with Gasteiger partial charge >= 0.3 is 0 Å². The van der Waals surface area contributed by atoms with Crippen LogP contribution in [0.4, 0.5) is 0 Å². The molecule has 1 aliphatic rings. The summed E-state index contributed by atoms with van der Waals surface area (Å²) in [7, 11) is 0. The maximum Gasteiger partial charge on any atom is 0.244 e. The lowest BCUT2D eigenvalue weighted by molar-refractivity contribution is -0.131. The van der Waals surface area contributed by atoms with Gasteiger partial charge in [0.1, 0.15) is 6.54 Å². The highest BCUT2D eigenvalue weighted by atomic mass is 79.9. The molecule has 2 aromatic rings. The van der Waals surface area contributed by atoms with Crippen molar-refractivity contribution in [1.29, 1.82) is 0 Å². The Balaban J connectivity index is 0.00000192. The first-order valence-electron chi connectivity index (χ1n) is 7.38. The fourth-order valence-electron chi connectivity index (χ4n) is 3.05. The highest BCUT2D eigenvalue weighted by molar-refractivity contribution is 9.10. The Morgan fingerprint density at radius 1 is 1.30 bits per heavy atom. The summed E-state index contributed by atoms with van der Waals surface area (Å²) in [5.41, 5.74) is 7.18. The topological polar surface area (TPSA) is 64.2 Å². The predicted octanol–water partition coefficient (Wildman–Crippen LogP) is 2.27. The van der Waals surface area contributed by atoms with Crippen LogP contribution in [0.2, 0.25) is 0 Å². The number of rotatable bonds is 4. The second-order valence-electron chi connectivity index (χ2n) is 5.67. The summed E-state index contributed by atoms with van der Waals surface area (Å²) < 4.78 is 2.53. The van der Waals surface area contributed by atoms with E-state index in [0.717, 1.165) is 17.6 Å². The molecule has 0 bridgehead atoms. The molecule has 0 unspecified atom stereocenters. The molecule has 1 aromatic heterocycles. The molecule has 23 heavy (non-hydrogen) atoms. The Bertz CT molecular complexity index is 649. The molecule has 1 aromatic carbocycles. The molecule has 0 saturated carbocycles. The Morgan fingerprint density at radius 3 is 2.65 bits per heavy atom. The molecule has 3 rings (SSSR count). The van der Waals surface area contributed by atoms with Crippen molar-refractivity contribution >= 4 is 34.2 Å². The molecule has 0 aliphatic carbocycles. The van der Waals surface area contributed by atoms with E-state index in [2.05, 4.69) is 33.2 Å². The minimum atomic E-state index is 0. The second-order valence-corrected chi connectivity index (χ2v) is 6.58. The van der Waals surface area contributed by atoms with Gasteiger partial charge in [0.2, 0.25) is 5.91 Å². The number of halogens is 2. The van der Waals surface area contributed by atoms with Gasteiger partial charge in [0.15, 0.2) is 0 Å². The van der Waals surface area contributed by atoms with E-state index in [-0.39, 0.29) is 24.9 Å². The maximum atomic E-state index is 12.5. The van der Waals surface area contributed by atoms with Crippen LogP contribution in [0.3, 0.4) is 0 Å². The standard InChI is InChI=1S/C16H19BrN4O.ClH/c17-14-7-19-21(9-14)11-16(22)20-8-13(6-18)15(10-20)12-4-2-1-3-5-12;/h1-5,7,9,13,15H,6,8,10-11,18H2;1H/t13-,15+;/m1./s1. The van der Waals surface area contributed by atoms with E-state index in [0.29, 0.717) is 18.4 Å². The number of amides is 1. The molecule has 1 aliphatic heterocycles. The number of likely N-dealkylation sites (tertiary alicyclic amines) is 1. The molecule has 1 fully saturated rings. The number of nitrogens with two attached hydrogens (primary N) is 1. The quantitative estimate of drug-likeness (QED) is 0.858. The number of nitrogens with zero attached hydrogens (tertiary/aromatic N) is 3. The third kappa shape index (κ3) is 4.13. The zero-order valence-electron chi connectivity index (χ0n) is 12.6. The smallest absolute Gasteiger partial charge is 0.244 e. The van der Waals surface area contributed by atoms with E-state index >= 15 is 0 Å². The molecule has 2 heterocycles. The average molecular weight is 400 g/mol. The molecule has 7 heteroatoms. The SMILES string of the molecule is Cl.NC[C@@H]1CN(C(=O)Cn2cc(Br)cn2)C[C@H]1c1ccccc1. The number of carbonyl (C=O) groups is 1. The Morgan fingerprint density at radius 2 is 2.04 bits per heavy atom. The molecule has 5 nitrogen and oxygen atoms in total. The van der Waals surface area contributed by atoms with Crippen LogP contribution in [0.25, 0.3) is 0 Å². The van der Waals surface area contributed by atoms with Gasteiger partial charge < -0.3 is 10.6 Å². The van der Waals surface area contributed by atoms with Crippen LogP contribution in [-0.4, -0.2) is 40.2 Å². The average Bonchev–Trinajstić information content (AvgIpc) is 3.14. The van der Waals surface area contributed by atoms with E-state index in [1.807, 2.05) is 29.3 Å². The maximum absolute atomic E-state index is 12.5. The number of carbonyl (C=O) groups excluding carboxylic acids is 1. The molecule has 1 amide bonds. The van der Waals surface area contributed by atoms with Gasteiger partial charge in [0.25, 0.3) is 0 Å². The Hall–Kier alpha value is -1.37. The monoisotopic (exact) mass is 398 g/mol. The number of hydrogen-bond acceptors (Lipinski definition) is 3. The van der Waals surface area contributed by atoms with E-state index in [4.69, 9.17) is 5.73 Å². The fraction of sp³-hybridized carbons (Fsp3) is 0.375. The predicted molar refractivity (Wildman–Crippen MR) is 95.5 cm³/mol. The van der Waals surface area contributed by atoms with E-state index < -0.39 is 0 Å². The van der Waals surface area contributed by atoms with Crippen molar-refractivity contribution in [3.8, 4) is 0 Å². The van der Waals surface area contributed by atoms with Crippen molar-refractivity contribution in [2.24, 2.45) is 11.7 Å². The number of hydrogen-bond donors (Lipinski definition) is 1.